The Bertz CT molecular complexity index is 119. The van der Waals surface area contributed by atoms with E-state index in [4.69, 9.17) is 19.5 Å². The Labute approximate surface area is 93.3 Å². The van der Waals surface area contributed by atoms with E-state index >= 15 is 0 Å². The smallest absolute Gasteiger partial charge is 0.314 e. The van der Waals surface area contributed by atoms with Crippen LogP contribution in [-0.2, 0) is 4.57 Å². The molecule has 0 amide bonds. The summed E-state index contributed by atoms with van der Waals surface area (Å²) in [4.78, 5) is 14.3. The molecule has 0 bridgehead atoms. The fraction of sp³-hybridized carbons (Fsp3) is 1.00. The van der Waals surface area contributed by atoms with Gasteiger partial charge in [0, 0.05) is 6.61 Å². The van der Waals surface area contributed by atoms with E-state index in [0.717, 1.165) is 6.42 Å². The second kappa shape index (κ2) is 16.5. The molecule has 0 saturated carbocycles. The molecule has 0 aliphatic rings. The summed E-state index contributed by atoms with van der Waals surface area (Å²) < 4.78 is 8.74. The minimum Gasteiger partial charge on any atom is -0.396 e. The van der Waals surface area contributed by atoms with E-state index in [-0.39, 0.29) is 0 Å². The Morgan fingerprint density at radius 1 is 0.867 bits per heavy atom. The molecule has 0 aromatic heterocycles. The van der Waals surface area contributed by atoms with E-state index in [0.29, 0.717) is 6.61 Å². The Kier molecular flexibility index (Phi) is 19.3. The molecular formula is C10H25O4P. The highest BCUT2D eigenvalue weighted by atomic mass is 31.1. The number of aliphatic hydroxyl groups is 1. The van der Waals surface area contributed by atoms with Crippen molar-refractivity contribution in [3.63, 3.8) is 0 Å². The summed E-state index contributed by atoms with van der Waals surface area (Å²) in [5.41, 5.74) is 0. The van der Waals surface area contributed by atoms with E-state index < -0.39 is 8.25 Å². The zero-order valence-corrected chi connectivity index (χ0v) is 10.6. The van der Waals surface area contributed by atoms with Gasteiger partial charge in [-0.2, -0.15) is 0 Å². The Morgan fingerprint density at radius 3 is 1.53 bits per heavy atom. The second-order valence-corrected chi connectivity index (χ2v) is 4.05. The third-order valence-corrected chi connectivity index (χ3v) is 2.01. The largest absolute Gasteiger partial charge is 0.396 e. The van der Waals surface area contributed by atoms with E-state index in [2.05, 4.69) is 6.92 Å². The molecule has 15 heavy (non-hydrogen) atoms. The molecule has 94 valence electrons. The van der Waals surface area contributed by atoms with Crippen LogP contribution in [0.2, 0.25) is 0 Å². The summed E-state index contributed by atoms with van der Waals surface area (Å²) >= 11 is 0. The van der Waals surface area contributed by atoms with Gasteiger partial charge in [-0.15, -0.1) is 0 Å². The first-order valence-corrected chi connectivity index (χ1v) is 6.98. The summed E-state index contributed by atoms with van der Waals surface area (Å²) in [6, 6.07) is 0. The molecule has 5 heteroatoms. The van der Waals surface area contributed by atoms with Crippen LogP contribution in [0.5, 0.6) is 0 Å². The fourth-order valence-corrected chi connectivity index (χ4v) is 1.25. The van der Waals surface area contributed by atoms with Crippen LogP contribution in [0.25, 0.3) is 0 Å². The summed E-state index contributed by atoms with van der Waals surface area (Å²) in [5.74, 6) is 0. The molecule has 3 N–H and O–H groups in total. The van der Waals surface area contributed by atoms with E-state index in [1.54, 1.807) is 0 Å². The van der Waals surface area contributed by atoms with Gasteiger partial charge >= 0.3 is 8.25 Å². The van der Waals surface area contributed by atoms with Gasteiger partial charge in [-0.1, -0.05) is 51.9 Å². The minimum atomic E-state index is -3.13. The summed E-state index contributed by atoms with van der Waals surface area (Å²) in [6.07, 6.45) is 10.4. The molecular weight excluding hydrogens is 215 g/mol. The van der Waals surface area contributed by atoms with Gasteiger partial charge in [-0.25, -0.2) is 0 Å². The SMILES string of the molecule is CCCCCCCCCCO.O=[PH](O)O. The highest BCUT2D eigenvalue weighted by Crippen LogP contribution is 2.07. The van der Waals surface area contributed by atoms with Crippen LogP contribution in [0.3, 0.4) is 0 Å². The maximum absolute atomic E-state index is 8.74. The van der Waals surface area contributed by atoms with Crippen LogP contribution in [0.4, 0.5) is 0 Å². The van der Waals surface area contributed by atoms with Gasteiger partial charge in [0.25, 0.3) is 0 Å². The van der Waals surface area contributed by atoms with Crippen molar-refractivity contribution in [3.05, 3.63) is 0 Å². The lowest BCUT2D eigenvalue weighted by molar-refractivity contribution is 0.282. The van der Waals surface area contributed by atoms with Gasteiger partial charge in [0.05, 0.1) is 0 Å². The summed E-state index contributed by atoms with van der Waals surface area (Å²) in [7, 11) is -3.13. The summed E-state index contributed by atoms with van der Waals surface area (Å²) in [6.45, 7) is 2.61. The molecule has 0 fully saturated rings. The molecule has 0 atom stereocenters. The minimum absolute atomic E-state index is 0.370. The zero-order chi connectivity index (χ0) is 11.9. The predicted molar refractivity (Wildman–Crippen MR) is 63.1 cm³/mol. The van der Waals surface area contributed by atoms with Crippen molar-refractivity contribution in [1.82, 2.24) is 0 Å². The molecule has 0 radical (unpaired) electrons. The average molecular weight is 240 g/mol. The second-order valence-electron chi connectivity index (χ2n) is 3.48. The van der Waals surface area contributed by atoms with Crippen LogP contribution in [-0.4, -0.2) is 21.5 Å². The first-order chi connectivity index (χ1) is 7.15. The molecule has 0 spiro atoms. The lowest BCUT2D eigenvalue weighted by atomic mass is 10.1. The molecule has 0 aliphatic heterocycles. The maximum atomic E-state index is 8.74. The van der Waals surface area contributed by atoms with Gasteiger partial charge in [0.1, 0.15) is 0 Å². The van der Waals surface area contributed by atoms with Crippen LogP contribution < -0.4 is 0 Å². The van der Waals surface area contributed by atoms with Gasteiger partial charge in [-0.05, 0) is 6.42 Å². The van der Waals surface area contributed by atoms with Crippen LogP contribution in [0, 0.1) is 0 Å². The van der Waals surface area contributed by atoms with Gasteiger partial charge in [0.2, 0.25) is 0 Å². The van der Waals surface area contributed by atoms with E-state index in [1.807, 2.05) is 0 Å². The van der Waals surface area contributed by atoms with E-state index in [9.17, 15) is 0 Å². The number of aliphatic hydroxyl groups excluding tert-OH is 1. The number of unbranched alkanes of at least 4 members (excludes halogenated alkanes) is 7. The fourth-order valence-electron chi connectivity index (χ4n) is 1.25. The van der Waals surface area contributed by atoms with Crippen molar-refractivity contribution < 1.29 is 19.5 Å². The first-order valence-electron chi connectivity index (χ1n) is 5.67. The van der Waals surface area contributed by atoms with Gasteiger partial charge in [-0.3, -0.25) is 4.57 Å². The van der Waals surface area contributed by atoms with Crippen molar-refractivity contribution in [2.24, 2.45) is 0 Å². The molecule has 4 nitrogen and oxygen atoms in total. The lowest BCUT2D eigenvalue weighted by Gasteiger charge is -1.98. The van der Waals surface area contributed by atoms with E-state index in [1.165, 1.54) is 44.9 Å². The van der Waals surface area contributed by atoms with Gasteiger partial charge in [0.15, 0.2) is 0 Å². The third-order valence-electron chi connectivity index (χ3n) is 2.01. The van der Waals surface area contributed by atoms with Crippen LogP contribution in [0.15, 0.2) is 0 Å². The topological polar surface area (TPSA) is 77.8 Å². The molecule has 0 rings (SSSR count). The average Bonchev–Trinajstić information content (AvgIpc) is 2.16. The Balaban J connectivity index is 0. The van der Waals surface area contributed by atoms with Crippen LogP contribution in [0.1, 0.15) is 58.3 Å². The Hall–Kier alpha value is 0.110. The molecule has 0 aromatic carbocycles. The van der Waals surface area contributed by atoms with Crippen molar-refractivity contribution >= 4 is 8.25 Å². The molecule has 0 unspecified atom stereocenters. The standard InChI is InChI=1S/C10H22O.H3O3P/c1-2-3-4-5-6-7-8-9-10-11;1-4(2)3/h11H,2-10H2,1H3;4H,(H2,1,2,3). The molecule has 0 aromatic rings. The van der Waals surface area contributed by atoms with Gasteiger partial charge < -0.3 is 14.9 Å². The highest BCUT2D eigenvalue weighted by Gasteiger charge is 1.89. The monoisotopic (exact) mass is 240 g/mol. The predicted octanol–water partition coefficient (Wildman–Crippen LogP) is 2.48. The third kappa shape index (κ3) is 31.5. The quantitative estimate of drug-likeness (QED) is 0.450. The number of rotatable bonds is 8. The molecule has 0 saturated heterocycles. The van der Waals surface area contributed by atoms with Crippen molar-refractivity contribution in [2.75, 3.05) is 6.61 Å². The number of hydrogen-bond acceptors (Lipinski definition) is 2. The molecule has 0 heterocycles. The highest BCUT2D eigenvalue weighted by molar-refractivity contribution is 7.30. The lowest BCUT2D eigenvalue weighted by Crippen LogP contribution is -1.83. The van der Waals surface area contributed by atoms with Crippen molar-refractivity contribution in [2.45, 2.75) is 58.3 Å². The zero-order valence-electron chi connectivity index (χ0n) is 9.61. The Morgan fingerprint density at radius 2 is 1.20 bits per heavy atom. The molecule has 0 aliphatic carbocycles. The number of hydrogen-bond donors (Lipinski definition) is 3. The summed E-state index contributed by atoms with van der Waals surface area (Å²) in [5, 5.41) is 8.51. The van der Waals surface area contributed by atoms with Crippen LogP contribution >= 0.6 is 8.25 Å². The van der Waals surface area contributed by atoms with Crippen molar-refractivity contribution in [1.29, 1.82) is 0 Å². The first kappa shape index (κ1) is 17.5. The van der Waals surface area contributed by atoms with Crippen molar-refractivity contribution in [3.8, 4) is 0 Å². The maximum Gasteiger partial charge on any atom is 0.314 e. The normalized spacial score (nSPS) is 9.93.